The van der Waals surface area contributed by atoms with Crippen LogP contribution in [0, 0.1) is 0 Å². The molecule has 2 heteroatoms. The molecule has 0 bridgehead atoms. The number of para-hydroxylation sites is 3. The molecule has 8 aromatic carbocycles. The van der Waals surface area contributed by atoms with E-state index in [9.17, 15) is 0 Å². The highest BCUT2D eigenvalue weighted by atomic mass is 16.5. The number of fused-ring (bicyclic) bond motifs is 9. The van der Waals surface area contributed by atoms with E-state index in [4.69, 9.17) is 4.74 Å². The largest absolute Gasteiger partial charge is 0.457 e. The number of ether oxygens (including phenoxy) is 1. The fraction of sp³-hybridized carbons (Fsp3) is 0.0204. The monoisotopic (exact) mass is 651 g/mol. The fourth-order valence-corrected chi connectivity index (χ4v) is 8.30. The van der Waals surface area contributed by atoms with Crippen LogP contribution in [0.2, 0.25) is 0 Å². The molecule has 1 aliphatic carbocycles. The molecule has 8 aromatic rings. The van der Waals surface area contributed by atoms with E-state index < -0.39 is 5.41 Å². The Hall–Kier alpha value is -6.64. The minimum atomic E-state index is -0.452. The Morgan fingerprint density at radius 1 is 0.314 bits per heavy atom. The predicted octanol–water partition coefficient (Wildman–Crippen LogP) is 13.0. The van der Waals surface area contributed by atoms with Crippen LogP contribution < -0.4 is 9.64 Å². The van der Waals surface area contributed by atoms with Crippen molar-refractivity contribution in [3.05, 3.63) is 222 Å². The first-order valence-corrected chi connectivity index (χ1v) is 17.5. The molecular weight excluding hydrogens is 619 g/mol. The molecule has 0 fully saturated rings. The Morgan fingerprint density at radius 3 is 1.37 bits per heavy atom. The van der Waals surface area contributed by atoms with Crippen molar-refractivity contribution in [1.82, 2.24) is 0 Å². The summed E-state index contributed by atoms with van der Waals surface area (Å²) >= 11 is 0. The van der Waals surface area contributed by atoms with Gasteiger partial charge in [-0.2, -0.15) is 0 Å². The summed E-state index contributed by atoms with van der Waals surface area (Å²) in [6.07, 6.45) is 0. The second kappa shape index (κ2) is 11.8. The van der Waals surface area contributed by atoms with E-state index >= 15 is 0 Å². The summed E-state index contributed by atoms with van der Waals surface area (Å²) in [4.78, 5) is 2.32. The average Bonchev–Trinajstić information content (AvgIpc) is 3.49. The summed E-state index contributed by atoms with van der Waals surface area (Å²) in [5, 5.41) is 0. The van der Waals surface area contributed by atoms with Crippen LogP contribution in [0.3, 0.4) is 0 Å². The lowest BCUT2D eigenvalue weighted by molar-refractivity contribution is 0.436. The predicted molar refractivity (Wildman–Crippen MR) is 209 cm³/mol. The lowest BCUT2D eigenvalue weighted by Gasteiger charge is -2.39. The van der Waals surface area contributed by atoms with Gasteiger partial charge in [-0.3, -0.25) is 0 Å². The zero-order valence-corrected chi connectivity index (χ0v) is 27.9. The highest BCUT2D eigenvalue weighted by Crippen LogP contribution is 2.62. The van der Waals surface area contributed by atoms with Gasteiger partial charge in [0, 0.05) is 28.2 Å². The summed E-state index contributed by atoms with van der Waals surface area (Å²) < 4.78 is 6.50. The van der Waals surface area contributed by atoms with Gasteiger partial charge in [-0.1, -0.05) is 146 Å². The molecule has 51 heavy (non-hydrogen) atoms. The van der Waals surface area contributed by atoms with Gasteiger partial charge in [0.2, 0.25) is 0 Å². The van der Waals surface area contributed by atoms with Crippen LogP contribution in [0.5, 0.6) is 11.5 Å². The number of benzene rings is 8. The van der Waals surface area contributed by atoms with Crippen molar-refractivity contribution in [2.45, 2.75) is 5.41 Å². The van der Waals surface area contributed by atoms with Gasteiger partial charge in [0.05, 0.1) is 5.41 Å². The Morgan fingerprint density at radius 2 is 0.745 bits per heavy atom. The van der Waals surface area contributed by atoms with Gasteiger partial charge in [0.15, 0.2) is 0 Å². The van der Waals surface area contributed by atoms with E-state index in [0.717, 1.165) is 28.6 Å². The Balaban J connectivity index is 1.06. The van der Waals surface area contributed by atoms with Gasteiger partial charge in [-0.25, -0.2) is 0 Å². The first-order valence-electron chi connectivity index (χ1n) is 17.5. The van der Waals surface area contributed by atoms with Crippen LogP contribution >= 0.6 is 0 Å². The van der Waals surface area contributed by atoms with Crippen LogP contribution in [-0.2, 0) is 5.41 Å². The van der Waals surface area contributed by atoms with E-state index in [2.05, 4.69) is 205 Å². The molecule has 10 rings (SSSR count). The lowest BCUT2D eigenvalue weighted by atomic mass is 9.66. The molecule has 1 heterocycles. The van der Waals surface area contributed by atoms with Crippen molar-refractivity contribution < 1.29 is 4.74 Å². The second-order valence-electron chi connectivity index (χ2n) is 13.3. The molecule has 1 aliphatic heterocycles. The third-order valence-electron chi connectivity index (χ3n) is 10.6. The number of hydrogen-bond acceptors (Lipinski definition) is 2. The topological polar surface area (TPSA) is 12.5 Å². The molecule has 1 spiro atoms. The number of hydrogen-bond donors (Lipinski definition) is 0. The zero-order valence-electron chi connectivity index (χ0n) is 27.9. The van der Waals surface area contributed by atoms with Gasteiger partial charge in [0.25, 0.3) is 0 Å². The molecule has 0 aromatic heterocycles. The summed E-state index contributed by atoms with van der Waals surface area (Å²) in [5.41, 5.74) is 15.2. The fourth-order valence-electron chi connectivity index (χ4n) is 8.30. The van der Waals surface area contributed by atoms with Crippen molar-refractivity contribution in [3.63, 3.8) is 0 Å². The normalized spacial score (nSPS) is 13.0. The van der Waals surface area contributed by atoms with Gasteiger partial charge < -0.3 is 9.64 Å². The van der Waals surface area contributed by atoms with Crippen molar-refractivity contribution in [1.29, 1.82) is 0 Å². The van der Waals surface area contributed by atoms with Gasteiger partial charge in [0.1, 0.15) is 11.5 Å². The van der Waals surface area contributed by atoms with Gasteiger partial charge >= 0.3 is 0 Å². The summed E-state index contributed by atoms with van der Waals surface area (Å²) in [6, 6.07) is 71.9. The van der Waals surface area contributed by atoms with E-state index in [1.165, 1.54) is 55.6 Å². The number of anilines is 3. The van der Waals surface area contributed by atoms with E-state index in [-0.39, 0.29) is 0 Å². The van der Waals surface area contributed by atoms with Crippen molar-refractivity contribution in [3.8, 4) is 44.9 Å². The summed E-state index contributed by atoms with van der Waals surface area (Å²) in [7, 11) is 0. The van der Waals surface area contributed by atoms with Gasteiger partial charge in [-0.05, 0) is 99.1 Å². The summed E-state index contributed by atoms with van der Waals surface area (Å²) in [6.45, 7) is 0. The van der Waals surface area contributed by atoms with Crippen LogP contribution in [-0.4, -0.2) is 0 Å². The van der Waals surface area contributed by atoms with Gasteiger partial charge in [-0.15, -0.1) is 0 Å². The molecule has 2 aliphatic rings. The average molecular weight is 652 g/mol. The van der Waals surface area contributed by atoms with E-state index in [0.29, 0.717) is 0 Å². The SMILES string of the molecule is c1ccc(-c2ccc(N(c3ccccc3)c3ccc(-c4ccc5c(c4)-c4ccccc4C54c5ccccc5Oc5ccccc54)cc3)cc2)cc1. The minimum absolute atomic E-state index is 0.452. The van der Waals surface area contributed by atoms with Crippen LogP contribution in [0.1, 0.15) is 22.3 Å². The third-order valence-corrected chi connectivity index (χ3v) is 10.6. The highest BCUT2D eigenvalue weighted by Gasteiger charge is 2.50. The molecule has 2 nitrogen and oxygen atoms in total. The first kappa shape index (κ1) is 29.3. The minimum Gasteiger partial charge on any atom is -0.457 e. The molecular formula is C49H33NO. The first-order chi connectivity index (χ1) is 25.3. The van der Waals surface area contributed by atoms with Crippen LogP contribution in [0.4, 0.5) is 17.1 Å². The van der Waals surface area contributed by atoms with Crippen molar-refractivity contribution >= 4 is 17.1 Å². The van der Waals surface area contributed by atoms with Crippen molar-refractivity contribution in [2.75, 3.05) is 4.90 Å². The standard InChI is InChI=1S/C49H33NO/c1-3-13-34(14-4-1)35-23-28-39(29-24-35)50(38-15-5-2-6-16-38)40-30-25-36(26-31-40)37-27-32-44-42(33-37)41-17-7-8-18-43(41)49(44)45-19-9-11-21-47(45)51-48-22-12-10-20-46(48)49/h1-33H. The molecule has 0 N–H and O–H groups in total. The molecule has 0 saturated heterocycles. The molecule has 0 atom stereocenters. The molecule has 0 unspecified atom stereocenters. The smallest absolute Gasteiger partial charge is 0.132 e. The second-order valence-corrected chi connectivity index (χ2v) is 13.3. The van der Waals surface area contributed by atoms with E-state index in [1.807, 2.05) is 0 Å². The maximum absolute atomic E-state index is 6.50. The third kappa shape index (κ3) is 4.57. The quantitative estimate of drug-likeness (QED) is 0.184. The Labute approximate surface area is 298 Å². The zero-order chi connectivity index (χ0) is 33.8. The molecule has 0 radical (unpaired) electrons. The number of rotatable bonds is 5. The maximum Gasteiger partial charge on any atom is 0.132 e. The molecule has 0 saturated carbocycles. The Bertz CT molecular complexity index is 2490. The lowest BCUT2D eigenvalue weighted by Crippen LogP contribution is -2.32. The Kier molecular flexibility index (Phi) is 6.75. The maximum atomic E-state index is 6.50. The van der Waals surface area contributed by atoms with Crippen LogP contribution in [0.25, 0.3) is 33.4 Å². The molecule has 0 amide bonds. The molecule has 240 valence electrons. The summed E-state index contributed by atoms with van der Waals surface area (Å²) in [5.74, 6) is 1.83. The van der Waals surface area contributed by atoms with E-state index in [1.54, 1.807) is 0 Å². The van der Waals surface area contributed by atoms with Crippen LogP contribution in [0.15, 0.2) is 200 Å². The number of nitrogens with zero attached hydrogens (tertiary/aromatic N) is 1. The van der Waals surface area contributed by atoms with Crippen molar-refractivity contribution in [2.24, 2.45) is 0 Å². The highest BCUT2D eigenvalue weighted by molar-refractivity contribution is 5.91.